The van der Waals surface area contributed by atoms with Crippen LogP contribution in [0.3, 0.4) is 0 Å². The van der Waals surface area contributed by atoms with Crippen molar-refractivity contribution in [3.8, 4) is 5.75 Å². The zero-order valence-electron chi connectivity index (χ0n) is 10.9. The second kappa shape index (κ2) is 6.27. The van der Waals surface area contributed by atoms with Crippen molar-refractivity contribution in [1.29, 1.82) is 0 Å². The Labute approximate surface area is 124 Å². The van der Waals surface area contributed by atoms with Crippen LogP contribution >= 0.6 is 11.8 Å². The van der Waals surface area contributed by atoms with Crippen molar-refractivity contribution in [1.82, 2.24) is 0 Å². The lowest BCUT2D eigenvalue weighted by molar-refractivity contribution is -0.385. The zero-order valence-corrected chi connectivity index (χ0v) is 11.7. The van der Waals surface area contributed by atoms with Crippen molar-refractivity contribution in [2.24, 2.45) is 5.73 Å². The van der Waals surface area contributed by atoms with Crippen molar-refractivity contribution in [2.45, 2.75) is 10.6 Å². The molecular weight excluding hydrogens is 292 g/mol. The average Bonchev–Trinajstić information content (AvgIpc) is 2.46. The smallest absolute Gasteiger partial charge is 0.274 e. The van der Waals surface area contributed by atoms with Gasteiger partial charge in [0.15, 0.2) is 0 Å². The Morgan fingerprint density at radius 3 is 2.48 bits per heavy atom. The molecule has 2 aromatic rings. The van der Waals surface area contributed by atoms with E-state index in [0.717, 1.165) is 4.90 Å². The Kier molecular flexibility index (Phi) is 4.44. The highest BCUT2D eigenvalue weighted by atomic mass is 32.2. The average molecular weight is 304 g/mol. The van der Waals surface area contributed by atoms with Gasteiger partial charge in [0.25, 0.3) is 5.69 Å². The molecule has 3 N–H and O–H groups in total. The van der Waals surface area contributed by atoms with Gasteiger partial charge < -0.3 is 10.8 Å². The number of primary amides is 1. The summed E-state index contributed by atoms with van der Waals surface area (Å²) >= 11 is 1.40. The third-order valence-electron chi connectivity index (χ3n) is 2.80. The van der Waals surface area contributed by atoms with Crippen LogP contribution in [-0.4, -0.2) is 15.9 Å². The van der Waals surface area contributed by atoms with Gasteiger partial charge in [0.05, 0.1) is 4.92 Å². The molecule has 0 saturated heterocycles. The molecule has 6 nitrogen and oxygen atoms in total. The lowest BCUT2D eigenvalue weighted by atomic mass is 10.1. The molecule has 0 bridgehead atoms. The molecule has 0 radical (unpaired) electrons. The molecule has 0 heterocycles. The summed E-state index contributed by atoms with van der Waals surface area (Å²) in [5.74, 6) is -0.160. The highest BCUT2D eigenvalue weighted by Crippen LogP contribution is 2.29. The van der Waals surface area contributed by atoms with Crippen LogP contribution in [0.2, 0.25) is 0 Å². The first kappa shape index (κ1) is 14.9. The normalized spacial score (nSPS) is 10.3. The Hall–Kier alpha value is -2.54. The number of aromatic hydroxyl groups is 1. The molecule has 21 heavy (non-hydrogen) atoms. The summed E-state index contributed by atoms with van der Waals surface area (Å²) in [4.78, 5) is 22.5. The maximum absolute atomic E-state index is 11.1. The monoisotopic (exact) mass is 304 g/mol. The molecule has 0 aromatic heterocycles. The van der Waals surface area contributed by atoms with Gasteiger partial charge in [0.1, 0.15) is 5.75 Å². The van der Waals surface area contributed by atoms with Crippen LogP contribution in [-0.2, 0) is 5.75 Å². The van der Waals surface area contributed by atoms with Crippen molar-refractivity contribution in [3.05, 3.63) is 63.7 Å². The summed E-state index contributed by atoms with van der Waals surface area (Å²) < 4.78 is 0. The Morgan fingerprint density at radius 1 is 1.24 bits per heavy atom. The second-order valence-electron chi connectivity index (χ2n) is 4.25. The third kappa shape index (κ3) is 3.73. The van der Waals surface area contributed by atoms with Crippen LogP contribution in [0.15, 0.2) is 47.4 Å². The van der Waals surface area contributed by atoms with E-state index in [0.29, 0.717) is 11.3 Å². The quantitative estimate of drug-likeness (QED) is 0.502. The minimum absolute atomic E-state index is 0.111. The number of phenols is 1. The molecule has 0 saturated carbocycles. The van der Waals surface area contributed by atoms with E-state index >= 15 is 0 Å². The van der Waals surface area contributed by atoms with E-state index in [1.165, 1.54) is 30.0 Å². The molecule has 0 aliphatic heterocycles. The minimum atomic E-state index is -0.698. The first-order valence-corrected chi connectivity index (χ1v) is 6.95. The predicted octanol–water partition coefficient (Wildman–Crippen LogP) is 2.69. The SMILES string of the molecule is NC(=O)c1ccc(CSc2ccc(O)cc2)c([N+](=O)[O-])c1. The summed E-state index contributed by atoms with van der Waals surface area (Å²) in [7, 11) is 0. The number of nitrogens with zero attached hydrogens (tertiary/aromatic N) is 1. The molecular formula is C14H12N2O4S. The van der Waals surface area contributed by atoms with E-state index in [-0.39, 0.29) is 17.0 Å². The molecule has 0 aliphatic rings. The van der Waals surface area contributed by atoms with Gasteiger partial charge in [-0.05, 0) is 30.3 Å². The van der Waals surface area contributed by atoms with E-state index in [1.54, 1.807) is 24.3 Å². The summed E-state index contributed by atoms with van der Waals surface area (Å²) in [6.45, 7) is 0. The fraction of sp³-hybridized carbons (Fsp3) is 0.0714. The van der Waals surface area contributed by atoms with Gasteiger partial charge in [0, 0.05) is 27.8 Å². The van der Waals surface area contributed by atoms with Crippen molar-refractivity contribution < 1.29 is 14.8 Å². The maximum Gasteiger partial charge on any atom is 0.274 e. The first-order chi connectivity index (χ1) is 9.97. The van der Waals surface area contributed by atoms with Gasteiger partial charge in [0.2, 0.25) is 5.91 Å². The van der Waals surface area contributed by atoms with Gasteiger partial charge in [-0.3, -0.25) is 14.9 Å². The summed E-state index contributed by atoms with van der Waals surface area (Å²) in [6, 6.07) is 10.7. The summed E-state index contributed by atoms with van der Waals surface area (Å²) in [5, 5.41) is 20.3. The molecule has 108 valence electrons. The predicted molar refractivity (Wildman–Crippen MR) is 79.3 cm³/mol. The van der Waals surface area contributed by atoms with E-state index in [9.17, 15) is 20.0 Å². The molecule has 0 unspecified atom stereocenters. The lowest BCUT2D eigenvalue weighted by Crippen LogP contribution is -2.11. The van der Waals surface area contributed by atoms with Gasteiger partial charge >= 0.3 is 0 Å². The summed E-state index contributed by atoms with van der Waals surface area (Å²) in [5.41, 5.74) is 5.61. The van der Waals surface area contributed by atoms with Gasteiger partial charge in [-0.1, -0.05) is 6.07 Å². The van der Waals surface area contributed by atoms with Gasteiger partial charge in [-0.15, -0.1) is 11.8 Å². The van der Waals surface area contributed by atoms with Gasteiger partial charge in [-0.25, -0.2) is 0 Å². The molecule has 7 heteroatoms. The number of nitrogens with two attached hydrogens (primary N) is 1. The molecule has 0 spiro atoms. The molecule has 1 amide bonds. The Bertz CT molecular complexity index is 686. The number of rotatable bonds is 5. The first-order valence-electron chi connectivity index (χ1n) is 5.96. The van der Waals surface area contributed by atoms with Crippen molar-refractivity contribution >= 4 is 23.4 Å². The number of thioether (sulfide) groups is 1. The van der Waals surface area contributed by atoms with Crippen molar-refractivity contribution in [3.63, 3.8) is 0 Å². The highest BCUT2D eigenvalue weighted by Gasteiger charge is 2.16. The number of benzene rings is 2. The van der Waals surface area contributed by atoms with Crippen LogP contribution in [0.5, 0.6) is 5.75 Å². The highest BCUT2D eigenvalue weighted by molar-refractivity contribution is 7.98. The van der Waals surface area contributed by atoms with E-state index in [4.69, 9.17) is 5.73 Å². The largest absolute Gasteiger partial charge is 0.508 e. The third-order valence-corrected chi connectivity index (χ3v) is 3.86. The number of hydrogen-bond donors (Lipinski definition) is 2. The number of carbonyl (C=O) groups is 1. The standard InChI is InChI=1S/C14H12N2O4S/c15-14(18)9-1-2-10(13(7-9)16(19)20)8-21-12-5-3-11(17)4-6-12/h1-7,17H,8H2,(H2,15,18). The molecule has 0 atom stereocenters. The number of nitro benzene ring substituents is 1. The number of amides is 1. The van der Waals surface area contributed by atoms with E-state index in [1.807, 2.05) is 0 Å². The summed E-state index contributed by atoms with van der Waals surface area (Å²) in [6.07, 6.45) is 0. The van der Waals surface area contributed by atoms with Crippen LogP contribution in [0.1, 0.15) is 15.9 Å². The Balaban J connectivity index is 2.21. The molecule has 2 aromatic carbocycles. The van der Waals surface area contributed by atoms with E-state index < -0.39 is 10.8 Å². The molecule has 0 aliphatic carbocycles. The lowest BCUT2D eigenvalue weighted by Gasteiger charge is -2.05. The van der Waals surface area contributed by atoms with Crippen LogP contribution in [0.4, 0.5) is 5.69 Å². The second-order valence-corrected chi connectivity index (χ2v) is 5.30. The van der Waals surface area contributed by atoms with Crippen LogP contribution < -0.4 is 5.73 Å². The zero-order chi connectivity index (χ0) is 15.4. The molecule has 2 rings (SSSR count). The molecule has 0 fully saturated rings. The number of phenolic OH excluding ortho intramolecular Hbond substituents is 1. The number of carbonyl (C=O) groups excluding carboxylic acids is 1. The fourth-order valence-electron chi connectivity index (χ4n) is 1.71. The maximum atomic E-state index is 11.1. The van der Waals surface area contributed by atoms with Crippen LogP contribution in [0.25, 0.3) is 0 Å². The number of nitro groups is 1. The topological polar surface area (TPSA) is 106 Å². The van der Waals surface area contributed by atoms with E-state index in [2.05, 4.69) is 0 Å². The Morgan fingerprint density at radius 2 is 1.90 bits per heavy atom. The van der Waals surface area contributed by atoms with Crippen LogP contribution in [0, 0.1) is 10.1 Å². The van der Waals surface area contributed by atoms with Gasteiger partial charge in [-0.2, -0.15) is 0 Å². The number of hydrogen-bond acceptors (Lipinski definition) is 5. The van der Waals surface area contributed by atoms with Crippen molar-refractivity contribution in [2.75, 3.05) is 0 Å². The minimum Gasteiger partial charge on any atom is -0.508 e. The fourth-order valence-corrected chi connectivity index (χ4v) is 2.61.